The maximum absolute atomic E-state index is 13.1. The minimum absolute atomic E-state index is 0.199. The molecule has 1 spiro atoms. The lowest BCUT2D eigenvalue weighted by atomic mass is 9.78. The van der Waals surface area contributed by atoms with E-state index < -0.39 is 5.41 Å². The number of nitrogens with one attached hydrogen (secondary N) is 1. The largest absolute Gasteiger partial charge is 0.342 e. The third kappa shape index (κ3) is 3.19. The predicted octanol–water partition coefficient (Wildman–Crippen LogP) is 2.12. The number of aromatic nitrogens is 1. The normalized spacial score (nSPS) is 25.1. The first kappa shape index (κ1) is 18.3. The Hall–Kier alpha value is -2.11. The van der Waals surface area contributed by atoms with Gasteiger partial charge in [0.15, 0.2) is 0 Å². The Balaban J connectivity index is 1.55. The molecule has 2 fully saturated rings. The molecule has 3 aliphatic rings. The zero-order valence-corrected chi connectivity index (χ0v) is 16.2. The van der Waals surface area contributed by atoms with Gasteiger partial charge in [-0.25, -0.2) is 0 Å². The number of carbonyl (C=O) groups excluding carboxylic acids is 2. The molecule has 2 aliphatic heterocycles. The van der Waals surface area contributed by atoms with Crippen LogP contribution in [0.2, 0.25) is 0 Å². The van der Waals surface area contributed by atoms with E-state index in [1.54, 1.807) is 11.0 Å². The van der Waals surface area contributed by atoms with Gasteiger partial charge in [-0.1, -0.05) is 6.92 Å². The van der Waals surface area contributed by atoms with Crippen molar-refractivity contribution in [3.05, 3.63) is 33.2 Å². The smallest absolute Gasteiger partial charge is 0.261 e. The van der Waals surface area contributed by atoms with E-state index in [0.29, 0.717) is 19.5 Å². The molecule has 1 atom stereocenters. The number of nitrogens with zero attached hydrogens (tertiary/aromatic N) is 2. The summed E-state index contributed by atoms with van der Waals surface area (Å²) in [6, 6.07) is 1.80. The van der Waals surface area contributed by atoms with Crippen molar-refractivity contribution in [1.29, 1.82) is 0 Å². The van der Waals surface area contributed by atoms with Crippen LogP contribution in [0.15, 0.2) is 10.9 Å². The zero-order chi connectivity index (χ0) is 19.0. The molecular weight excluding hydrogens is 342 g/mol. The molecule has 0 unspecified atom stereocenters. The minimum atomic E-state index is -0.440. The fraction of sp³-hybridized carbons (Fsp3) is 0.667. The monoisotopic (exact) mass is 371 g/mol. The molecule has 2 amide bonds. The second kappa shape index (κ2) is 7.13. The van der Waals surface area contributed by atoms with Crippen LogP contribution >= 0.6 is 0 Å². The average molecular weight is 371 g/mol. The van der Waals surface area contributed by atoms with Crippen LogP contribution in [0, 0.1) is 5.41 Å². The molecule has 0 radical (unpaired) electrons. The Morgan fingerprint density at radius 2 is 1.96 bits per heavy atom. The third-order valence-corrected chi connectivity index (χ3v) is 6.53. The summed E-state index contributed by atoms with van der Waals surface area (Å²) in [7, 11) is 0. The molecule has 0 bridgehead atoms. The summed E-state index contributed by atoms with van der Waals surface area (Å²) in [4.78, 5) is 45.2. The van der Waals surface area contributed by atoms with Crippen LogP contribution in [0.4, 0.5) is 0 Å². The highest BCUT2D eigenvalue weighted by Crippen LogP contribution is 2.40. The van der Waals surface area contributed by atoms with Gasteiger partial charge in [-0.05, 0) is 63.0 Å². The number of pyridine rings is 1. The van der Waals surface area contributed by atoms with E-state index in [9.17, 15) is 14.4 Å². The molecule has 1 aromatic heterocycles. The molecule has 27 heavy (non-hydrogen) atoms. The number of carbonyl (C=O) groups is 2. The highest BCUT2D eigenvalue weighted by atomic mass is 16.2. The Morgan fingerprint density at radius 3 is 2.78 bits per heavy atom. The number of likely N-dealkylation sites (tertiary alicyclic amines) is 2. The number of fused-ring (bicyclic) bond motifs is 1. The Labute approximate surface area is 159 Å². The van der Waals surface area contributed by atoms with Crippen molar-refractivity contribution in [3.8, 4) is 0 Å². The number of piperidine rings is 1. The van der Waals surface area contributed by atoms with Crippen molar-refractivity contribution < 1.29 is 9.59 Å². The molecule has 1 aliphatic carbocycles. The Kier molecular flexibility index (Phi) is 4.82. The van der Waals surface area contributed by atoms with Gasteiger partial charge in [0, 0.05) is 31.9 Å². The lowest BCUT2D eigenvalue weighted by Crippen LogP contribution is -2.50. The molecule has 6 heteroatoms. The predicted molar refractivity (Wildman–Crippen MR) is 103 cm³/mol. The maximum atomic E-state index is 13.1. The van der Waals surface area contributed by atoms with Crippen LogP contribution in [0.25, 0.3) is 0 Å². The van der Waals surface area contributed by atoms with Crippen molar-refractivity contribution in [2.75, 3.05) is 26.2 Å². The van der Waals surface area contributed by atoms with E-state index in [4.69, 9.17) is 0 Å². The Morgan fingerprint density at radius 1 is 1.15 bits per heavy atom. The van der Waals surface area contributed by atoms with Crippen LogP contribution in [0.3, 0.4) is 0 Å². The van der Waals surface area contributed by atoms with Gasteiger partial charge in [-0.3, -0.25) is 14.4 Å². The second-order valence-corrected chi connectivity index (χ2v) is 8.38. The van der Waals surface area contributed by atoms with Crippen LogP contribution in [-0.2, 0) is 17.6 Å². The lowest BCUT2D eigenvalue weighted by Gasteiger charge is -2.39. The molecule has 4 rings (SSSR count). The van der Waals surface area contributed by atoms with Crippen molar-refractivity contribution >= 4 is 11.8 Å². The fourth-order valence-electron chi connectivity index (χ4n) is 5.06. The first-order valence-electron chi connectivity index (χ1n) is 10.4. The van der Waals surface area contributed by atoms with Gasteiger partial charge in [0.1, 0.15) is 5.56 Å². The van der Waals surface area contributed by atoms with Gasteiger partial charge < -0.3 is 14.8 Å². The molecule has 0 saturated carbocycles. The number of H-pyrrole nitrogens is 1. The van der Waals surface area contributed by atoms with Gasteiger partial charge in [-0.2, -0.15) is 0 Å². The van der Waals surface area contributed by atoms with Gasteiger partial charge >= 0.3 is 0 Å². The van der Waals surface area contributed by atoms with Gasteiger partial charge in [0.05, 0.1) is 5.41 Å². The molecule has 146 valence electrons. The number of rotatable bonds is 3. The standard InChI is InChI=1S/C21H29N3O3/c1-2-10-23-11-5-8-21(20(23)27)9-12-24(14-21)19(26)16-13-15-6-3-4-7-17(15)22-18(16)25/h13H,2-12,14H2,1H3,(H,22,25)/t21-/m1/s1. The molecule has 0 aromatic carbocycles. The van der Waals surface area contributed by atoms with Crippen LogP contribution in [0.1, 0.15) is 67.1 Å². The molecule has 6 nitrogen and oxygen atoms in total. The number of hydrogen-bond donors (Lipinski definition) is 1. The second-order valence-electron chi connectivity index (χ2n) is 8.38. The highest BCUT2D eigenvalue weighted by Gasteiger charge is 2.49. The SMILES string of the molecule is CCCN1CCC[C@]2(CCN(C(=O)c3cc4c([nH]c3=O)CCCC4)C2)C1=O. The van der Waals surface area contributed by atoms with E-state index in [1.165, 1.54) is 0 Å². The van der Waals surface area contributed by atoms with Gasteiger partial charge in [-0.15, -0.1) is 0 Å². The molecular formula is C21H29N3O3. The van der Waals surface area contributed by atoms with E-state index in [1.807, 2.05) is 4.90 Å². The van der Waals surface area contributed by atoms with Crippen LogP contribution in [0.5, 0.6) is 0 Å². The van der Waals surface area contributed by atoms with Crippen molar-refractivity contribution in [2.24, 2.45) is 5.41 Å². The molecule has 1 aromatic rings. The first-order valence-corrected chi connectivity index (χ1v) is 10.4. The summed E-state index contributed by atoms with van der Waals surface area (Å²) in [6.07, 6.45) is 7.48. The van der Waals surface area contributed by atoms with E-state index >= 15 is 0 Å². The van der Waals surface area contributed by atoms with Crippen molar-refractivity contribution in [2.45, 2.75) is 58.3 Å². The van der Waals surface area contributed by atoms with Crippen molar-refractivity contribution in [1.82, 2.24) is 14.8 Å². The first-order chi connectivity index (χ1) is 13.0. The summed E-state index contributed by atoms with van der Waals surface area (Å²) in [5, 5.41) is 0. The summed E-state index contributed by atoms with van der Waals surface area (Å²) < 4.78 is 0. The van der Waals surface area contributed by atoms with E-state index in [-0.39, 0.29) is 22.9 Å². The molecule has 2 saturated heterocycles. The molecule has 3 heterocycles. The summed E-state index contributed by atoms with van der Waals surface area (Å²) >= 11 is 0. The van der Waals surface area contributed by atoms with Gasteiger partial charge in [0.25, 0.3) is 11.5 Å². The van der Waals surface area contributed by atoms with Gasteiger partial charge in [0.2, 0.25) is 5.91 Å². The minimum Gasteiger partial charge on any atom is -0.342 e. The van der Waals surface area contributed by atoms with E-state index in [0.717, 1.165) is 69.3 Å². The number of hydrogen-bond acceptors (Lipinski definition) is 3. The quantitative estimate of drug-likeness (QED) is 0.884. The van der Waals surface area contributed by atoms with Crippen LogP contribution < -0.4 is 5.56 Å². The maximum Gasteiger partial charge on any atom is 0.261 e. The van der Waals surface area contributed by atoms with E-state index in [2.05, 4.69) is 11.9 Å². The number of amides is 2. The topological polar surface area (TPSA) is 73.5 Å². The fourth-order valence-corrected chi connectivity index (χ4v) is 5.06. The average Bonchev–Trinajstić information content (AvgIpc) is 3.10. The summed E-state index contributed by atoms with van der Waals surface area (Å²) in [6.45, 7) is 4.70. The summed E-state index contributed by atoms with van der Waals surface area (Å²) in [5.41, 5.74) is 1.59. The zero-order valence-electron chi connectivity index (χ0n) is 16.2. The lowest BCUT2D eigenvalue weighted by molar-refractivity contribution is -0.145. The Bertz CT molecular complexity index is 813. The third-order valence-electron chi connectivity index (χ3n) is 6.53. The highest BCUT2D eigenvalue weighted by molar-refractivity contribution is 5.95. The summed E-state index contributed by atoms with van der Waals surface area (Å²) in [5.74, 6) is -0.0211. The molecule has 1 N–H and O–H groups in total. The van der Waals surface area contributed by atoms with Crippen molar-refractivity contribution in [3.63, 3.8) is 0 Å². The number of aryl methyl sites for hydroxylation is 2. The number of aromatic amines is 1. The van der Waals surface area contributed by atoms with Crippen LogP contribution in [-0.4, -0.2) is 52.8 Å².